The highest BCUT2D eigenvalue weighted by Crippen LogP contribution is 2.16. The molecule has 0 aliphatic rings. The maximum Gasteiger partial charge on any atom is 0.244 e. The van der Waals surface area contributed by atoms with Gasteiger partial charge in [-0.05, 0) is 24.3 Å². The van der Waals surface area contributed by atoms with E-state index >= 15 is 0 Å². The van der Waals surface area contributed by atoms with E-state index < -0.39 is 6.23 Å². The number of H-pyrrole nitrogens is 1. The molecule has 1 heterocycles. The molecule has 3 rings (SSSR count). The number of aliphatic hydroxyl groups is 1. The molecule has 3 nitrogen and oxygen atoms in total. The van der Waals surface area contributed by atoms with Crippen LogP contribution in [-0.2, 0) is 0 Å². The third-order valence-corrected chi connectivity index (χ3v) is 3.22. The SMILES string of the molecule is OC(c1ccc(Cl)cc1)[n+]1c[nH]c2ccccc21. The predicted octanol–water partition coefficient (Wildman–Crippen LogP) is 2.65. The number of aromatic amines is 1. The maximum atomic E-state index is 10.4. The van der Waals surface area contributed by atoms with Crippen LogP contribution in [0.2, 0.25) is 5.02 Å². The Morgan fingerprint density at radius 3 is 2.56 bits per heavy atom. The summed E-state index contributed by atoms with van der Waals surface area (Å²) in [5.41, 5.74) is 2.75. The van der Waals surface area contributed by atoms with Gasteiger partial charge in [-0.2, -0.15) is 4.57 Å². The lowest BCUT2D eigenvalue weighted by atomic mass is 10.2. The lowest BCUT2D eigenvalue weighted by molar-refractivity contribution is -0.726. The molecule has 2 N–H and O–H groups in total. The van der Waals surface area contributed by atoms with Crippen molar-refractivity contribution in [3.63, 3.8) is 0 Å². The van der Waals surface area contributed by atoms with E-state index in [2.05, 4.69) is 4.98 Å². The first kappa shape index (κ1) is 11.3. The number of hydrogen-bond acceptors (Lipinski definition) is 1. The molecule has 0 saturated carbocycles. The molecule has 0 spiro atoms. The van der Waals surface area contributed by atoms with Gasteiger partial charge in [0.15, 0.2) is 11.0 Å². The number of hydrogen-bond donors (Lipinski definition) is 2. The number of rotatable bonds is 2. The van der Waals surface area contributed by atoms with Crippen molar-refractivity contribution in [1.29, 1.82) is 0 Å². The molecule has 3 aromatic rings. The first-order valence-electron chi connectivity index (χ1n) is 5.66. The van der Waals surface area contributed by atoms with E-state index in [1.54, 1.807) is 23.0 Å². The molecule has 1 unspecified atom stereocenters. The van der Waals surface area contributed by atoms with Gasteiger partial charge in [-0.1, -0.05) is 35.9 Å². The van der Waals surface area contributed by atoms with Crippen LogP contribution < -0.4 is 4.57 Å². The average Bonchev–Trinajstić information content (AvgIpc) is 2.82. The highest BCUT2D eigenvalue weighted by molar-refractivity contribution is 6.30. The van der Waals surface area contributed by atoms with Crippen molar-refractivity contribution >= 4 is 22.6 Å². The van der Waals surface area contributed by atoms with E-state index in [1.807, 2.05) is 36.4 Å². The van der Waals surface area contributed by atoms with Gasteiger partial charge in [0, 0.05) is 10.6 Å². The number of nitrogens with one attached hydrogen (secondary N) is 1. The van der Waals surface area contributed by atoms with Crippen molar-refractivity contribution in [3.05, 3.63) is 65.4 Å². The summed E-state index contributed by atoms with van der Waals surface area (Å²) in [7, 11) is 0. The number of benzene rings is 2. The zero-order valence-electron chi connectivity index (χ0n) is 9.55. The number of para-hydroxylation sites is 2. The van der Waals surface area contributed by atoms with Gasteiger partial charge in [0.05, 0.1) is 0 Å². The smallest absolute Gasteiger partial charge is 0.244 e. The standard InChI is InChI=1S/C14H11ClN2O/c15-11-7-5-10(6-8-11)14(18)17-9-16-12-3-1-2-4-13(12)17/h1-9,14,18H/p+1. The van der Waals surface area contributed by atoms with Gasteiger partial charge >= 0.3 is 0 Å². The van der Waals surface area contributed by atoms with E-state index in [0.29, 0.717) is 5.02 Å². The number of aromatic nitrogens is 2. The fraction of sp³-hybridized carbons (Fsp3) is 0.0714. The molecule has 90 valence electrons. The summed E-state index contributed by atoms with van der Waals surface area (Å²) < 4.78 is 1.79. The zero-order chi connectivity index (χ0) is 12.5. The monoisotopic (exact) mass is 259 g/mol. The molecule has 0 saturated heterocycles. The zero-order valence-corrected chi connectivity index (χ0v) is 10.3. The van der Waals surface area contributed by atoms with Crippen LogP contribution in [0.5, 0.6) is 0 Å². The van der Waals surface area contributed by atoms with E-state index in [9.17, 15) is 5.11 Å². The van der Waals surface area contributed by atoms with Crippen LogP contribution in [0, 0.1) is 0 Å². The summed E-state index contributed by atoms with van der Waals surface area (Å²) >= 11 is 5.84. The fourth-order valence-electron chi connectivity index (χ4n) is 2.03. The summed E-state index contributed by atoms with van der Waals surface area (Å²) in [4.78, 5) is 3.13. The first-order chi connectivity index (χ1) is 8.75. The molecule has 0 radical (unpaired) electrons. The summed E-state index contributed by atoms with van der Waals surface area (Å²) in [6.45, 7) is 0. The van der Waals surface area contributed by atoms with Crippen molar-refractivity contribution in [1.82, 2.24) is 4.98 Å². The largest absolute Gasteiger partial charge is 0.351 e. The highest BCUT2D eigenvalue weighted by atomic mass is 35.5. The van der Waals surface area contributed by atoms with Gasteiger partial charge in [-0.25, -0.2) is 4.98 Å². The molecule has 1 aromatic heterocycles. The van der Waals surface area contributed by atoms with E-state index in [4.69, 9.17) is 11.6 Å². The molecule has 1 atom stereocenters. The minimum Gasteiger partial charge on any atom is -0.351 e. The van der Waals surface area contributed by atoms with Crippen molar-refractivity contribution in [2.24, 2.45) is 0 Å². The maximum absolute atomic E-state index is 10.4. The molecular formula is C14H12ClN2O+. The molecule has 18 heavy (non-hydrogen) atoms. The number of imidazole rings is 1. The van der Waals surface area contributed by atoms with Crippen LogP contribution in [0.25, 0.3) is 11.0 Å². The average molecular weight is 260 g/mol. The number of nitrogens with zero attached hydrogens (tertiary/aromatic N) is 1. The normalized spacial score (nSPS) is 12.8. The Morgan fingerprint density at radius 1 is 1.06 bits per heavy atom. The van der Waals surface area contributed by atoms with Crippen molar-refractivity contribution in [2.75, 3.05) is 0 Å². The summed E-state index contributed by atoms with van der Waals surface area (Å²) in [6, 6.07) is 15.0. The van der Waals surface area contributed by atoms with Crippen molar-refractivity contribution < 1.29 is 9.67 Å². The molecule has 2 aromatic carbocycles. The number of fused-ring (bicyclic) bond motifs is 1. The van der Waals surface area contributed by atoms with Crippen LogP contribution >= 0.6 is 11.6 Å². The third-order valence-electron chi connectivity index (χ3n) is 2.97. The Bertz CT molecular complexity index is 676. The van der Waals surface area contributed by atoms with E-state index in [-0.39, 0.29) is 0 Å². The van der Waals surface area contributed by atoms with Crippen molar-refractivity contribution in [2.45, 2.75) is 6.23 Å². The Hall–Kier alpha value is -1.84. The molecule has 0 amide bonds. The Balaban J connectivity index is 2.06. The second kappa shape index (κ2) is 4.44. The fourth-order valence-corrected chi connectivity index (χ4v) is 2.15. The summed E-state index contributed by atoms with van der Waals surface area (Å²) in [5, 5.41) is 11.0. The Morgan fingerprint density at radius 2 is 1.78 bits per heavy atom. The van der Waals surface area contributed by atoms with Crippen LogP contribution in [0.1, 0.15) is 11.8 Å². The summed E-state index contributed by atoms with van der Waals surface area (Å²) in [5.74, 6) is 0. The quantitative estimate of drug-likeness (QED) is 0.683. The molecule has 0 aliphatic heterocycles. The van der Waals surface area contributed by atoms with Gasteiger partial charge in [-0.15, -0.1) is 0 Å². The number of halogens is 1. The minimum absolute atomic E-state index is 0.662. The topological polar surface area (TPSA) is 39.9 Å². The second-order valence-corrected chi connectivity index (χ2v) is 4.56. The number of aliphatic hydroxyl groups excluding tert-OH is 1. The minimum atomic E-state index is -0.724. The molecule has 0 fully saturated rings. The second-order valence-electron chi connectivity index (χ2n) is 4.12. The van der Waals surface area contributed by atoms with Crippen LogP contribution in [0.15, 0.2) is 54.9 Å². The third kappa shape index (κ3) is 1.88. The van der Waals surface area contributed by atoms with E-state index in [0.717, 1.165) is 16.6 Å². The van der Waals surface area contributed by atoms with Gasteiger partial charge in [0.2, 0.25) is 12.6 Å². The Kier molecular flexibility index (Phi) is 2.78. The lowest BCUT2D eigenvalue weighted by Crippen LogP contribution is -2.38. The summed E-state index contributed by atoms with van der Waals surface area (Å²) in [6.07, 6.45) is 1.04. The molecule has 0 aliphatic carbocycles. The lowest BCUT2D eigenvalue weighted by Gasteiger charge is -2.08. The van der Waals surface area contributed by atoms with Crippen molar-refractivity contribution in [3.8, 4) is 0 Å². The van der Waals surface area contributed by atoms with Gasteiger partial charge in [0.1, 0.15) is 0 Å². The molecule has 0 bridgehead atoms. The Labute approximate surface area is 109 Å². The van der Waals surface area contributed by atoms with Crippen LogP contribution in [0.3, 0.4) is 0 Å². The predicted molar refractivity (Wildman–Crippen MR) is 70.3 cm³/mol. The van der Waals surface area contributed by atoms with Gasteiger partial charge < -0.3 is 5.11 Å². The van der Waals surface area contributed by atoms with E-state index in [1.165, 1.54) is 0 Å². The van der Waals surface area contributed by atoms with Gasteiger partial charge in [-0.3, -0.25) is 0 Å². The highest BCUT2D eigenvalue weighted by Gasteiger charge is 2.18. The van der Waals surface area contributed by atoms with Crippen LogP contribution in [0.4, 0.5) is 0 Å². The molecular weight excluding hydrogens is 248 g/mol. The van der Waals surface area contributed by atoms with Gasteiger partial charge in [0.25, 0.3) is 0 Å². The van der Waals surface area contributed by atoms with Crippen LogP contribution in [-0.4, -0.2) is 10.1 Å². The molecule has 4 heteroatoms. The first-order valence-corrected chi connectivity index (χ1v) is 6.04.